The molecule has 1 aliphatic heterocycles. The number of methoxy groups -OCH3 is 1. The topological polar surface area (TPSA) is 30.5 Å². The molecule has 3 aromatic rings. The third kappa shape index (κ3) is 2.72. The fourth-order valence-corrected chi connectivity index (χ4v) is 3.47. The Labute approximate surface area is 142 Å². The quantitative estimate of drug-likeness (QED) is 0.770. The van der Waals surface area contributed by atoms with Crippen LogP contribution in [0.3, 0.4) is 0 Å². The third-order valence-electron chi connectivity index (χ3n) is 4.70. The van der Waals surface area contributed by atoms with E-state index in [2.05, 4.69) is 53.8 Å². The summed E-state index contributed by atoms with van der Waals surface area (Å²) in [4.78, 5) is 0. The van der Waals surface area contributed by atoms with Crippen LogP contribution in [0.1, 0.15) is 23.6 Å². The van der Waals surface area contributed by atoms with Crippen molar-refractivity contribution in [2.24, 2.45) is 0 Å². The van der Waals surface area contributed by atoms with Crippen molar-refractivity contribution in [3.8, 4) is 11.5 Å². The molecule has 0 unspecified atom stereocenters. The van der Waals surface area contributed by atoms with Crippen LogP contribution in [0.2, 0.25) is 0 Å². The second-order valence-electron chi connectivity index (χ2n) is 6.08. The maximum absolute atomic E-state index is 5.76. The van der Waals surface area contributed by atoms with Gasteiger partial charge in [-0.2, -0.15) is 0 Å². The zero-order valence-corrected chi connectivity index (χ0v) is 13.8. The lowest BCUT2D eigenvalue weighted by Gasteiger charge is -2.27. The van der Waals surface area contributed by atoms with E-state index in [1.54, 1.807) is 7.11 Å². The molecule has 0 fully saturated rings. The van der Waals surface area contributed by atoms with Crippen molar-refractivity contribution in [1.82, 2.24) is 5.32 Å². The predicted molar refractivity (Wildman–Crippen MR) is 96.6 cm³/mol. The van der Waals surface area contributed by atoms with Crippen LogP contribution in [0.25, 0.3) is 10.8 Å². The minimum atomic E-state index is 0.304. The second-order valence-corrected chi connectivity index (χ2v) is 6.08. The maximum atomic E-state index is 5.76. The largest absolute Gasteiger partial charge is 0.496 e. The van der Waals surface area contributed by atoms with Gasteiger partial charge in [0.05, 0.1) is 13.7 Å². The van der Waals surface area contributed by atoms with Crippen LogP contribution in [-0.2, 0) is 6.54 Å². The summed E-state index contributed by atoms with van der Waals surface area (Å²) in [5.41, 5.74) is 2.45. The Hall–Kier alpha value is -2.52. The van der Waals surface area contributed by atoms with Crippen molar-refractivity contribution in [2.75, 3.05) is 13.7 Å². The molecule has 0 bridgehead atoms. The van der Waals surface area contributed by atoms with Gasteiger partial charge in [-0.1, -0.05) is 48.5 Å². The van der Waals surface area contributed by atoms with Crippen LogP contribution in [-0.4, -0.2) is 13.7 Å². The average molecular weight is 319 g/mol. The maximum Gasteiger partial charge on any atom is 0.124 e. The number of benzene rings is 3. The van der Waals surface area contributed by atoms with Gasteiger partial charge >= 0.3 is 0 Å². The summed E-state index contributed by atoms with van der Waals surface area (Å²) in [6, 6.07) is 21.2. The summed E-state index contributed by atoms with van der Waals surface area (Å²) in [5, 5.41) is 6.18. The molecule has 1 heterocycles. The Morgan fingerprint density at radius 2 is 1.88 bits per heavy atom. The SMILES string of the molecule is COc1ccc2ccccc2c1CN[C@H]1CCOc2ccccc21. The number of fused-ring (bicyclic) bond motifs is 2. The Morgan fingerprint density at radius 1 is 1.04 bits per heavy atom. The van der Waals surface area contributed by atoms with Crippen LogP contribution in [0.4, 0.5) is 0 Å². The minimum absolute atomic E-state index is 0.304. The Kier molecular flexibility index (Phi) is 4.09. The van der Waals surface area contributed by atoms with Gasteiger partial charge in [-0.05, 0) is 22.9 Å². The molecule has 122 valence electrons. The van der Waals surface area contributed by atoms with Crippen molar-refractivity contribution in [3.63, 3.8) is 0 Å². The van der Waals surface area contributed by atoms with E-state index in [9.17, 15) is 0 Å². The Balaban J connectivity index is 1.64. The Bertz CT molecular complexity index is 859. The van der Waals surface area contributed by atoms with E-state index in [-0.39, 0.29) is 0 Å². The van der Waals surface area contributed by atoms with E-state index in [1.165, 1.54) is 21.9 Å². The first-order valence-electron chi connectivity index (χ1n) is 8.36. The van der Waals surface area contributed by atoms with Crippen LogP contribution in [0, 0.1) is 0 Å². The van der Waals surface area contributed by atoms with E-state index in [0.717, 1.165) is 31.1 Å². The van der Waals surface area contributed by atoms with Gasteiger partial charge in [0.1, 0.15) is 11.5 Å². The molecule has 3 nitrogen and oxygen atoms in total. The van der Waals surface area contributed by atoms with Gasteiger partial charge in [0.15, 0.2) is 0 Å². The van der Waals surface area contributed by atoms with Gasteiger partial charge in [0.2, 0.25) is 0 Å². The number of para-hydroxylation sites is 1. The lowest BCUT2D eigenvalue weighted by atomic mass is 9.99. The summed E-state index contributed by atoms with van der Waals surface area (Å²) in [5.74, 6) is 1.92. The highest BCUT2D eigenvalue weighted by molar-refractivity contribution is 5.87. The van der Waals surface area contributed by atoms with Gasteiger partial charge in [0, 0.05) is 30.1 Å². The zero-order chi connectivity index (χ0) is 16.4. The summed E-state index contributed by atoms with van der Waals surface area (Å²) in [7, 11) is 1.73. The van der Waals surface area contributed by atoms with Gasteiger partial charge in [-0.15, -0.1) is 0 Å². The van der Waals surface area contributed by atoms with Gasteiger partial charge in [-0.3, -0.25) is 0 Å². The molecule has 0 amide bonds. The van der Waals surface area contributed by atoms with E-state index >= 15 is 0 Å². The van der Waals surface area contributed by atoms with E-state index in [0.29, 0.717) is 6.04 Å². The monoisotopic (exact) mass is 319 g/mol. The highest BCUT2D eigenvalue weighted by Gasteiger charge is 2.21. The number of rotatable bonds is 4. The summed E-state index contributed by atoms with van der Waals surface area (Å²) in [6.45, 7) is 1.52. The number of hydrogen-bond donors (Lipinski definition) is 1. The summed E-state index contributed by atoms with van der Waals surface area (Å²) in [6.07, 6.45) is 0.976. The standard InChI is InChI=1S/C21H21NO2/c1-23-20-11-10-15-6-2-3-7-16(15)18(20)14-22-19-12-13-24-21-9-5-4-8-17(19)21/h2-11,19,22H,12-14H2,1H3/t19-/m0/s1. The molecule has 0 radical (unpaired) electrons. The predicted octanol–water partition coefficient (Wildman–Crippen LogP) is 4.46. The molecule has 3 heteroatoms. The van der Waals surface area contributed by atoms with Gasteiger partial charge in [-0.25, -0.2) is 0 Å². The molecular weight excluding hydrogens is 298 g/mol. The van der Waals surface area contributed by atoms with E-state index in [1.807, 2.05) is 12.1 Å². The highest BCUT2D eigenvalue weighted by Crippen LogP contribution is 2.33. The van der Waals surface area contributed by atoms with E-state index in [4.69, 9.17) is 9.47 Å². The van der Waals surface area contributed by atoms with Crippen LogP contribution in [0.5, 0.6) is 11.5 Å². The molecule has 0 saturated heterocycles. The molecule has 3 aromatic carbocycles. The smallest absolute Gasteiger partial charge is 0.124 e. The number of nitrogens with one attached hydrogen (secondary N) is 1. The molecule has 4 rings (SSSR count). The molecule has 1 atom stereocenters. The van der Waals surface area contributed by atoms with Crippen molar-refractivity contribution >= 4 is 10.8 Å². The van der Waals surface area contributed by atoms with Crippen molar-refractivity contribution in [2.45, 2.75) is 19.0 Å². The number of hydrogen-bond acceptors (Lipinski definition) is 3. The molecule has 1 N–H and O–H groups in total. The third-order valence-corrected chi connectivity index (χ3v) is 4.70. The molecule has 0 saturated carbocycles. The molecule has 1 aliphatic rings. The Morgan fingerprint density at radius 3 is 2.79 bits per heavy atom. The van der Waals surface area contributed by atoms with Crippen molar-refractivity contribution in [3.05, 3.63) is 71.8 Å². The minimum Gasteiger partial charge on any atom is -0.496 e. The summed E-state index contributed by atoms with van der Waals surface area (Å²) >= 11 is 0. The normalized spacial score (nSPS) is 16.5. The fourth-order valence-electron chi connectivity index (χ4n) is 3.47. The first-order chi connectivity index (χ1) is 11.9. The lowest BCUT2D eigenvalue weighted by molar-refractivity contribution is 0.252. The van der Waals surface area contributed by atoms with E-state index < -0.39 is 0 Å². The molecule has 24 heavy (non-hydrogen) atoms. The second kappa shape index (κ2) is 6.54. The summed E-state index contributed by atoms with van der Waals surface area (Å²) < 4.78 is 11.4. The van der Waals surface area contributed by atoms with Crippen LogP contribution >= 0.6 is 0 Å². The zero-order valence-electron chi connectivity index (χ0n) is 13.8. The highest BCUT2D eigenvalue weighted by atomic mass is 16.5. The fraction of sp³-hybridized carbons (Fsp3) is 0.238. The average Bonchev–Trinajstić information content (AvgIpc) is 2.66. The first-order valence-corrected chi connectivity index (χ1v) is 8.36. The molecular formula is C21H21NO2. The number of ether oxygens (including phenoxy) is 2. The van der Waals surface area contributed by atoms with Crippen LogP contribution in [0.15, 0.2) is 60.7 Å². The molecule has 0 aliphatic carbocycles. The van der Waals surface area contributed by atoms with Gasteiger partial charge in [0.25, 0.3) is 0 Å². The van der Waals surface area contributed by atoms with Crippen molar-refractivity contribution < 1.29 is 9.47 Å². The lowest BCUT2D eigenvalue weighted by Crippen LogP contribution is -2.27. The molecule has 0 aromatic heterocycles. The van der Waals surface area contributed by atoms with Crippen LogP contribution < -0.4 is 14.8 Å². The van der Waals surface area contributed by atoms with Crippen molar-refractivity contribution in [1.29, 1.82) is 0 Å². The first kappa shape index (κ1) is 15.0. The van der Waals surface area contributed by atoms with Gasteiger partial charge < -0.3 is 14.8 Å². The molecule has 0 spiro atoms.